The largest absolute Gasteiger partial charge is 0.407 e. The fraction of sp³-hybridized carbons (Fsp3) is 0.333. The van der Waals surface area contributed by atoms with Crippen molar-refractivity contribution < 1.29 is 13.2 Å². The molecule has 1 atom stereocenters. The average molecular weight is 339 g/mol. The zero-order chi connectivity index (χ0) is 10.2. The van der Waals surface area contributed by atoms with Crippen molar-refractivity contribution in [1.82, 2.24) is 0 Å². The van der Waals surface area contributed by atoms with Gasteiger partial charge in [-0.15, -0.1) is 11.3 Å². The first kappa shape index (κ1) is 11.5. The standard InChI is InChI=1S/C6H4Br2F3NS/c7-3-1-2(5(8)13-3)4(12)6(9,10)11/h1,4H,12H2. The van der Waals surface area contributed by atoms with Gasteiger partial charge in [-0.3, -0.25) is 0 Å². The minimum atomic E-state index is -4.40. The maximum absolute atomic E-state index is 12.2. The van der Waals surface area contributed by atoms with Crippen molar-refractivity contribution in [2.24, 2.45) is 5.73 Å². The van der Waals surface area contributed by atoms with E-state index in [1.807, 2.05) is 0 Å². The van der Waals surface area contributed by atoms with E-state index in [-0.39, 0.29) is 5.56 Å². The number of hydrogen-bond acceptors (Lipinski definition) is 2. The van der Waals surface area contributed by atoms with Crippen molar-refractivity contribution in [3.63, 3.8) is 0 Å². The number of halogens is 5. The van der Waals surface area contributed by atoms with Crippen LogP contribution in [-0.2, 0) is 0 Å². The highest BCUT2D eigenvalue weighted by atomic mass is 79.9. The molecule has 2 N–H and O–H groups in total. The quantitative estimate of drug-likeness (QED) is 0.827. The lowest BCUT2D eigenvalue weighted by molar-refractivity contribution is -0.149. The van der Waals surface area contributed by atoms with Crippen LogP contribution in [0.5, 0.6) is 0 Å². The second-order valence-corrected chi connectivity index (χ2v) is 6.05. The minimum Gasteiger partial charge on any atom is -0.316 e. The molecule has 0 amide bonds. The topological polar surface area (TPSA) is 26.0 Å². The normalized spacial score (nSPS) is 14.6. The van der Waals surface area contributed by atoms with Crippen molar-refractivity contribution >= 4 is 43.2 Å². The number of nitrogens with two attached hydrogens (primary N) is 1. The molecule has 1 rings (SSSR count). The molecule has 0 saturated heterocycles. The minimum absolute atomic E-state index is 0.0596. The van der Waals surface area contributed by atoms with Gasteiger partial charge in [0.25, 0.3) is 0 Å². The Balaban J connectivity index is 3.01. The van der Waals surface area contributed by atoms with E-state index >= 15 is 0 Å². The zero-order valence-electron chi connectivity index (χ0n) is 6.03. The van der Waals surface area contributed by atoms with Gasteiger partial charge in [-0.2, -0.15) is 13.2 Å². The van der Waals surface area contributed by atoms with Gasteiger partial charge in [0.1, 0.15) is 6.04 Å². The van der Waals surface area contributed by atoms with Gasteiger partial charge in [-0.05, 0) is 37.9 Å². The fourth-order valence-electron chi connectivity index (χ4n) is 0.741. The molecule has 0 aliphatic heterocycles. The first-order valence-electron chi connectivity index (χ1n) is 3.09. The molecule has 74 valence electrons. The second-order valence-electron chi connectivity index (χ2n) is 2.30. The van der Waals surface area contributed by atoms with Crippen LogP contribution in [0.15, 0.2) is 13.6 Å². The molecule has 0 aliphatic carbocycles. The fourth-order valence-corrected chi connectivity index (χ4v) is 3.67. The molecule has 0 fully saturated rings. The molecule has 7 heteroatoms. The summed E-state index contributed by atoms with van der Waals surface area (Å²) in [4.78, 5) is 0. The van der Waals surface area contributed by atoms with Crippen LogP contribution < -0.4 is 5.73 Å². The third-order valence-corrected chi connectivity index (χ3v) is 3.76. The lowest BCUT2D eigenvalue weighted by Crippen LogP contribution is -2.28. The molecule has 0 aromatic carbocycles. The van der Waals surface area contributed by atoms with Gasteiger partial charge in [0.05, 0.1) is 7.57 Å². The molecule has 0 saturated carbocycles. The van der Waals surface area contributed by atoms with Gasteiger partial charge in [-0.25, -0.2) is 0 Å². The van der Waals surface area contributed by atoms with Crippen LogP contribution in [-0.4, -0.2) is 6.18 Å². The van der Waals surface area contributed by atoms with Crippen LogP contribution in [0.1, 0.15) is 11.6 Å². The van der Waals surface area contributed by atoms with Gasteiger partial charge in [0.15, 0.2) is 0 Å². The van der Waals surface area contributed by atoms with Crippen molar-refractivity contribution in [3.05, 3.63) is 19.2 Å². The molecule has 0 spiro atoms. The molecule has 13 heavy (non-hydrogen) atoms. The highest BCUT2D eigenvalue weighted by Gasteiger charge is 2.39. The summed E-state index contributed by atoms with van der Waals surface area (Å²) in [5.74, 6) is 0. The van der Waals surface area contributed by atoms with Crippen LogP contribution in [0, 0.1) is 0 Å². The van der Waals surface area contributed by atoms with E-state index < -0.39 is 12.2 Å². The second kappa shape index (κ2) is 3.88. The molecule has 1 heterocycles. The molecule has 1 aromatic rings. The lowest BCUT2D eigenvalue weighted by Gasteiger charge is -2.14. The van der Waals surface area contributed by atoms with E-state index in [1.165, 1.54) is 17.4 Å². The summed E-state index contributed by atoms with van der Waals surface area (Å²) in [7, 11) is 0. The van der Waals surface area contributed by atoms with Crippen LogP contribution in [0.25, 0.3) is 0 Å². The monoisotopic (exact) mass is 337 g/mol. The number of alkyl halides is 3. The number of hydrogen-bond donors (Lipinski definition) is 1. The van der Waals surface area contributed by atoms with Gasteiger partial charge in [-0.1, -0.05) is 0 Å². The summed E-state index contributed by atoms with van der Waals surface area (Å²) >= 11 is 7.27. The summed E-state index contributed by atoms with van der Waals surface area (Å²) < 4.78 is 37.5. The Kier molecular flexibility index (Phi) is 3.43. The summed E-state index contributed by atoms with van der Waals surface area (Å²) in [6.45, 7) is 0. The van der Waals surface area contributed by atoms with Crippen molar-refractivity contribution in [3.8, 4) is 0 Å². The predicted octanol–water partition coefficient (Wildman–Crippen LogP) is 3.84. The lowest BCUT2D eigenvalue weighted by atomic mass is 10.1. The first-order chi connectivity index (χ1) is 5.82. The maximum atomic E-state index is 12.2. The number of rotatable bonds is 1. The molecule has 0 radical (unpaired) electrons. The molecule has 1 nitrogen and oxygen atoms in total. The van der Waals surface area contributed by atoms with Crippen molar-refractivity contribution in [1.29, 1.82) is 0 Å². The highest BCUT2D eigenvalue weighted by Crippen LogP contribution is 2.40. The Labute approximate surface area is 93.4 Å². The van der Waals surface area contributed by atoms with E-state index in [0.717, 1.165) is 0 Å². The molecular formula is C6H4Br2F3NS. The summed E-state index contributed by atoms with van der Waals surface area (Å²) in [5, 5.41) is 0. The van der Waals surface area contributed by atoms with E-state index in [1.54, 1.807) is 0 Å². The van der Waals surface area contributed by atoms with Crippen LogP contribution in [0.3, 0.4) is 0 Å². The summed E-state index contributed by atoms with van der Waals surface area (Å²) in [5.41, 5.74) is 5.08. The molecular weight excluding hydrogens is 335 g/mol. The zero-order valence-corrected chi connectivity index (χ0v) is 10.0. The van der Waals surface area contributed by atoms with Gasteiger partial charge in [0, 0.05) is 5.56 Å². The van der Waals surface area contributed by atoms with Crippen molar-refractivity contribution in [2.75, 3.05) is 0 Å². The average Bonchev–Trinajstić information content (AvgIpc) is 2.26. The molecule has 0 bridgehead atoms. The van der Waals surface area contributed by atoms with Crippen LogP contribution in [0.4, 0.5) is 13.2 Å². The molecule has 1 aromatic heterocycles. The number of thiophene rings is 1. The summed E-state index contributed by atoms with van der Waals surface area (Å²) in [6, 6.07) is -0.558. The Hall–Kier alpha value is 0.410. The SMILES string of the molecule is NC(c1cc(Br)sc1Br)C(F)(F)F. The Morgan fingerprint density at radius 2 is 1.92 bits per heavy atom. The van der Waals surface area contributed by atoms with Gasteiger partial charge >= 0.3 is 6.18 Å². The first-order valence-corrected chi connectivity index (χ1v) is 5.49. The summed E-state index contributed by atoms with van der Waals surface area (Å²) in [6.07, 6.45) is -4.40. The van der Waals surface area contributed by atoms with Gasteiger partial charge in [0.2, 0.25) is 0 Å². The molecule has 1 unspecified atom stereocenters. The van der Waals surface area contributed by atoms with E-state index in [4.69, 9.17) is 5.73 Å². The van der Waals surface area contributed by atoms with E-state index in [9.17, 15) is 13.2 Å². The Morgan fingerprint density at radius 3 is 2.23 bits per heavy atom. The third kappa shape index (κ3) is 2.68. The van der Waals surface area contributed by atoms with E-state index in [2.05, 4.69) is 31.9 Å². The Morgan fingerprint density at radius 1 is 1.38 bits per heavy atom. The van der Waals surface area contributed by atoms with Crippen LogP contribution in [0.2, 0.25) is 0 Å². The smallest absolute Gasteiger partial charge is 0.316 e. The Bertz CT molecular complexity index is 309. The van der Waals surface area contributed by atoms with E-state index in [0.29, 0.717) is 7.57 Å². The highest BCUT2D eigenvalue weighted by molar-refractivity contribution is 9.12. The van der Waals surface area contributed by atoms with Crippen molar-refractivity contribution in [2.45, 2.75) is 12.2 Å². The maximum Gasteiger partial charge on any atom is 0.407 e. The molecule has 0 aliphatic rings. The van der Waals surface area contributed by atoms with Crippen LogP contribution >= 0.6 is 43.2 Å². The van der Waals surface area contributed by atoms with Gasteiger partial charge < -0.3 is 5.73 Å². The predicted molar refractivity (Wildman–Crippen MR) is 52.7 cm³/mol. The third-order valence-electron chi connectivity index (χ3n) is 1.37.